The van der Waals surface area contributed by atoms with Crippen molar-refractivity contribution in [3.8, 4) is 0 Å². The number of benzene rings is 1. The first-order valence-electron chi connectivity index (χ1n) is 13.9. The van der Waals surface area contributed by atoms with Gasteiger partial charge >= 0.3 is 12.3 Å². The van der Waals surface area contributed by atoms with Crippen LogP contribution in [0.1, 0.15) is 66.8 Å². The molecule has 0 unspecified atom stereocenters. The molecule has 3 aromatic rings. The highest BCUT2D eigenvalue weighted by molar-refractivity contribution is 5.93. The Kier molecular flexibility index (Phi) is 7.95. The standard InChI is InChI=1S/C29H35F3N6O3/c1-28(2,3)41-27(40)38-10-8-20(9-11-38)21-16-23-24(33-17-21)35-25(34-23)26(39)37-14-12-36(13-15-37)18-19-4-6-22(7-5-19)29(30,31)32/h4-7,16-17,20H,8-15,18H2,1-3H3,(H,33,34,35). The fourth-order valence-corrected chi connectivity index (χ4v) is 5.28. The predicted molar refractivity (Wildman–Crippen MR) is 146 cm³/mol. The lowest BCUT2D eigenvalue weighted by Crippen LogP contribution is -2.48. The zero-order valence-electron chi connectivity index (χ0n) is 23.5. The Morgan fingerprint density at radius 3 is 2.24 bits per heavy atom. The maximum absolute atomic E-state index is 13.2. The molecule has 220 valence electrons. The quantitative estimate of drug-likeness (QED) is 0.470. The number of piperidine rings is 1. The molecule has 2 amide bonds. The van der Waals surface area contributed by atoms with Crippen molar-refractivity contribution in [2.45, 2.75) is 57.9 Å². The van der Waals surface area contributed by atoms with Crippen LogP contribution >= 0.6 is 0 Å². The molecule has 0 atom stereocenters. The number of fused-ring (bicyclic) bond motifs is 1. The Morgan fingerprint density at radius 2 is 1.63 bits per heavy atom. The van der Waals surface area contributed by atoms with Crippen LogP contribution in [0.25, 0.3) is 11.2 Å². The molecule has 2 aromatic heterocycles. The number of alkyl halides is 3. The summed E-state index contributed by atoms with van der Waals surface area (Å²) in [5, 5.41) is 0. The van der Waals surface area contributed by atoms with Gasteiger partial charge in [0.25, 0.3) is 5.91 Å². The SMILES string of the molecule is CC(C)(C)OC(=O)N1CCC(c2cnc3nc(C(=O)N4CCN(Cc5ccc(C(F)(F)F)cc5)CC4)[nH]c3c2)CC1. The number of ether oxygens (including phenoxy) is 1. The third kappa shape index (κ3) is 6.98. The number of hydrogen-bond acceptors (Lipinski definition) is 6. The number of piperazine rings is 1. The smallest absolute Gasteiger partial charge is 0.416 e. The second kappa shape index (κ2) is 11.3. The number of H-pyrrole nitrogens is 1. The first-order valence-corrected chi connectivity index (χ1v) is 13.9. The normalized spacial score (nSPS) is 17.7. The van der Waals surface area contributed by atoms with Gasteiger partial charge in [-0.1, -0.05) is 12.1 Å². The summed E-state index contributed by atoms with van der Waals surface area (Å²) in [5.74, 6) is 0.274. The molecular weight excluding hydrogens is 537 g/mol. The number of rotatable bonds is 4. The lowest BCUT2D eigenvalue weighted by molar-refractivity contribution is -0.137. The molecule has 12 heteroatoms. The molecular formula is C29H35F3N6O3. The molecule has 9 nitrogen and oxygen atoms in total. The Bertz CT molecular complexity index is 1380. The van der Waals surface area contributed by atoms with Crippen LogP contribution in [0, 0.1) is 0 Å². The van der Waals surface area contributed by atoms with E-state index in [9.17, 15) is 22.8 Å². The van der Waals surface area contributed by atoms with Crippen molar-refractivity contribution < 1.29 is 27.5 Å². The fraction of sp³-hybridized carbons (Fsp3) is 0.517. The van der Waals surface area contributed by atoms with Crippen molar-refractivity contribution >= 4 is 23.2 Å². The Hall–Kier alpha value is -3.67. The third-order valence-corrected chi connectivity index (χ3v) is 7.53. The van der Waals surface area contributed by atoms with Gasteiger partial charge in [0.2, 0.25) is 0 Å². The molecule has 0 bridgehead atoms. The Morgan fingerprint density at radius 1 is 0.976 bits per heavy atom. The average molecular weight is 573 g/mol. The summed E-state index contributed by atoms with van der Waals surface area (Å²) < 4.78 is 43.9. The van der Waals surface area contributed by atoms with Gasteiger partial charge in [-0.25, -0.2) is 14.8 Å². The van der Waals surface area contributed by atoms with E-state index < -0.39 is 17.3 Å². The number of aromatic amines is 1. The minimum atomic E-state index is -4.35. The molecule has 0 saturated carbocycles. The molecule has 0 radical (unpaired) electrons. The first kappa shape index (κ1) is 28.8. The van der Waals surface area contributed by atoms with Crippen molar-refractivity contribution in [1.82, 2.24) is 29.7 Å². The number of carbonyl (C=O) groups excluding carboxylic acids is 2. The lowest BCUT2D eigenvalue weighted by atomic mass is 9.90. The predicted octanol–water partition coefficient (Wildman–Crippen LogP) is 5.05. The summed E-state index contributed by atoms with van der Waals surface area (Å²) in [7, 11) is 0. The van der Waals surface area contributed by atoms with Crippen LogP contribution < -0.4 is 0 Å². The van der Waals surface area contributed by atoms with Crippen molar-refractivity contribution in [3.05, 3.63) is 59.0 Å². The zero-order chi connectivity index (χ0) is 29.4. The van der Waals surface area contributed by atoms with Crippen LogP contribution in [0.3, 0.4) is 0 Å². The van der Waals surface area contributed by atoms with E-state index in [4.69, 9.17) is 4.74 Å². The Labute approximate surface area is 236 Å². The summed E-state index contributed by atoms with van der Waals surface area (Å²) in [4.78, 5) is 43.2. The van der Waals surface area contributed by atoms with E-state index in [1.807, 2.05) is 26.8 Å². The molecule has 0 aliphatic carbocycles. The van der Waals surface area contributed by atoms with E-state index >= 15 is 0 Å². The number of likely N-dealkylation sites (tertiary alicyclic amines) is 1. The molecule has 41 heavy (non-hydrogen) atoms. The van der Waals surface area contributed by atoms with Crippen molar-refractivity contribution in [2.24, 2.45) is 0 Å². The van der Waals surface area contributed by atoms with Crippen LogP contribution in [0.4, 0.5) is 18.0 Å². The molecule has 5 rings (SSSR count). The maximum atomic E-state index is 13.2. The highest BCUT2D eigenvalue weighted by Gasteiger charge is 2.31. The number of halogens is 3. The highest BCUT2D eigenvalue weighted by Crippen LogP contribution is 2.31. The second-order valence-corrected chi connectivity index (χ2v) is 11.7. The summed E-state index contributed by atoms with van der Waals surface area (Å²) in [6, 6.07) is 7.19. The molecule has 2 fully saturated rings. The number of aromatic nitrogens is 3. The van der Waals surface area contributed by atoms with E-state index in [0.29, 0.717) is 57.0 Å². The minimum absolute atomic E-state index is 0.204. The van der Waals surface area contributed by atoms with Gasteiger partial charge in [0.15, 0.2) is 11.5 Å². The van der Waals surface area contributed by atoms with E-state index in [1.54, 1.807) is 16.0 Å². The van der Waals surface area contributed by atoms with Gasteiger partial charge < -0.3 is 19.5 Å². The number of hydrogen-bond donors (Lipinski definition) is 1. The van der Waals surface area contributed by atoms with Gasteiger partial charge in [-0.2, -0.15) is 13.2 Å². The minimum Gasteiger partial charge on any atom is -0.444 e. The number of nitrogens with one attached hydrogen (secondary N) is 1. The number of amides is 2. The maximum Gasteiger partial charge on any atom is 0.416 e. The van der Waals surface area contributed by atoms with Gasteiger partial charge in [0.1, 0.15) is 5.60 Å². The molecule has 4 heterocycles. The van der Waals surface area contributed by atoms with Crippen molar-refractivity contribution in [2.75, 3.05) is 39.3 Å². The van der Waals surface area contributed by atoms with Gasteiger partial charge in [-0.15, -0.1) is 0 Å². The van der Waals surface area contributed by atoms with E-state index in [1.165, 1.54) is 12.1 Å². The van der Waals surface area contributed by atoms with E-state index in [0.717, 1.165) is 36.1 Å². The second-order valence-electron chi connectivity index (χ2n) is 11.7. The lowest BCUT2D eigenvalue weighted by Gasteiger charge is -2.34. The monoisotopic (exact) mass is 572 g/mol. The zero-order valence-corrected chi connectivity index (χ0v) is 23.5. The molecule has 1 aromatic carbocycles. The summed E-state index contributed by atoms with van der Waals surface area (Å²) >= 11 is 0. The molecule has 0 spiro atoms. The molecule has 2 saturated heterocycles. The fourth-order valence-electron chi connectivity index (χ4n) is 5.28. The average Bonchev–Trinajstić information content (AvgIpc) is 3.36. The van der Waals surface area contributed by atoms with Crippen molar-refractivity contribution in [1.29, 1.82) is 0 Å². The topological polar surface area (TPSA) is 94.7 Å². The molecule has 2 aliphatic rings. The van der Waals surface area contributed by atoms with Gasteiger partial charge in [-0.05, 0) is 68.9 Å². The molecule has 1 N–H and O–H groups in total. The molecule has 2 aliphatic heterocycles. The summed E-state index contributed by atoms with van der Waals surface area (Å²) in [5.41, 5.74) is 1.83. The Balaban J connectivity index is 1.15. The third-order valence-electron chi connectivity index (χ3n) is 7.53. The van der Waals surface area contributed by atoms with Crippen LogP contribution in [0.2, 0.25) is 0 Å². The van der Waals surface area contributed by atoms with Gasteiger partial charge in [-0.3, -0.25) is 9.69 Å². The van der Waals surface area contributed by atoms with Crippen LogP contribution in [0.15, 0.2) is 36.5 Å². The number of pyridine rings is 1. The van der Waals surface area contributed by atoms with Gasteiger partial charge in [0.05, 0.1) is 11.1 Å². The van der Waals surface area contributed by atoms with Crippen molar-refractivity contribution in [3.63, 3.8) is 0 Å². The number of nitrogens with zero attached hydrogens (tertiary/aromatic N) is 5. The largest absolute Gasteiger partial charge is 0.444 e. The summed E-state index contributed by atoms with van der Waals surface area (Å²) in [6.45, 7) is 9.50. The van der Waals surface area contributed by atoms with Crippen LogP contribution in [-0.4, -0.2) is 86.5 Å². The first-order chi connectivity index (χ1) is 19.4. The van der Waals surface area contributed by atoms with Gasteiger partial charge in [0, 0.05) is 52.0 Å². The number of carbonyl (C=O) groups is 2. The van der Waals surface area contributed by atoms with Crippen LogP contribution in [0.5, 0.6) is 0 Å². The number of imidazole rings is 1. The van der Waals surface area contributed by atoms with E-state index in [2.05, 4.69) is 19.9 Å². The highest BCUT2D eigenvalue weighted by atomic mass is 19.4. The summed E-state index contributed by atoms with van der Waals surface area (Å²) in [6.07, 6.45) is -1.25. The van der Waals surface area contributed by atoms with Crippen LogP contribution in [-0.2, 0) is 17.5 Å². The van der Waals surface area contributed by atoms with E-state index in [-0.39, 0.29) is 23.7 Å².